The van der Waals surface area contributed by atoms with Gasteiger partial charge in [0.05, 0.1) is 36.1 Å². The van der Waals surface area contributed by atoms with Crippen LogP contribution >= 0.6 is 11.3 Å². The van der Waals surface area contributed by atoms with E-state index in [1.165, 1.54) is 5.56 Å². The molecule has 208 valence electrons. The van der Waals surface area contributed by atoms with E-state index < -0.39 is 0 Å². The number of piperazine rings is 1. The molecular formula is C30H34N6O3S. The van der Waals surface area contributed by atoms with Gasteiger partial charge in [-0.05, 0) is 22.8 Å². The van der Waals surface area contributed by atoms with Gasteiger partial charge in [0.15, 0.2) is 0 Å². The van der Waals surface area contributed by atoms with Crippen molar-refractivity contribution in [3.05, 3.63) is 78.1 Å². The zero-order valence-corrected chi connectivity index (χ0v) is 23.2. The molecule has 40 heavy (non-hydrogen) atoms. The number of nitrogens with zero attached hydrogens (tertiary/aromatic N) is 5. The number of ether oxygens (including phenoxy) is 1. The van der Waals surface area contributed by atoms with Crippen LogP contribution in [0.15, 0.2) is 67.0 Å². The first-order chi connectivity index (χ1) is 19.7. The molecule has 4 heterocycles. The standard InChI is InChI=1S/C30H34N6O3S/c37-20-26(23-4-2-1-3-5-23)33-29-28-25(31-21-32-29)18-27(40-28)24-8-6-22(7-9-24)19-34-10-12-35(13-11-34)30(38)36-14-16-39-17-15-36/h1-9,18,21,26,37H,10-17,19-20H2,(H,31,32,33). The second kappa shape index (κ2) is 12.3. The average Bonchev–Trinajstić information content (AvgIpc) is 3.46. The van der Waals surface area contributed by atoms with Gasteiger partial charge in [0.2, 0.25) is 0 Å². The number of hydrogen-bond donors (Lipinski definition) is 2. The fourth-order valence-electron chi connectivity index (χ4n) is 5.27. The largest absolute Gasteiger partial charge is 0.394 e. The third kappa shape index (κ3) is 5.95. The Morgan fingerprint density at radius 3 is 2.40 bits per heavy atom. The van der Waals surface area contributed by atoms with Gasteiger partial charge < -0.3 is 25.0 Å². The van der Waals surface area contributed by atoms with Gasteiger partial charge in [-0.3, -0.25) is 4.90 Å². The van der Waals surface area contributed by atoms with Crippen LogP contribution < -0.4 is 5.32 Å². The van der Waals surface area contributed by atoms with Crippen molar-refractivity contribution >= 4 is 33.4 Å². The summed E-state index contributed by atoms with van der Waals surface area (Å²) >= 11 is 1.65. The summed E-state index contributed by atoms with van der Waals surface area (Å²) in [4.78, 5) is 29.2. The molecule has 0 bridgehead atoms. The summed E-state index contributed by atoms with van der Waals surface area (Å²) < 4.78 is 6.35. The van der Waals surface area contributed by atoms with E-state index in [1.807, 2.05) is 40.1 Å². The van der Waals surface area contributed by atoms with Crippen molar-refractivity contribution in [1.29, 1.82) is 0 Å². The molecule has 9 nitrogen and oxygen atoms in total. The normalized spacial score (nSPS) is 17.2. The van der Waals surface area contributed by atoms with Crippen molar-refractivity contribution in [3.8, 4) is 10.4 Å². The topological polar surface area (TPSA) is 94.1 Å². The second-order valence-electron chi connectivity index (χ2n) is 10.2. The van der Waals surface area contributed by atoms with E-state index in [4.69, 9.17) is 4.74 Å². The quantitative estimate of drug-likeness (QED) is 0.353. The second-order valence-corrected chi connectivity index (χ2v) is 11.2. The molecule has 0 spiro atoms. The fourth-order valence-corrected chi connectivity index (χ4v) is 6.34. The van der Waals surface area contributed by atoms with Gasteiger partial charge in [0.1, 0.15) is 12.1 Å². The Kier molecular flexibility index (Phi) is 8.19. The molecule has 2 aliphatic heterocycles. The maximum Gasteiger partial charge on any atom is 0.320 e. The molecule has 0 radical (unpaired) electrons. The first kappa shape index (κ1) is 26.6. The summed E-state index contributed by atoms with van der Waals surface area (Å²) in [5.41, 5.74) is 4.29. The number of aromatic nitrogens is 2. The summed E-state index contributed by atoms with van der Waals surface area (Å²) in [6.45, 7) is 6.74. The highest BCUT2D eigenvalue weighted by molar-refractivity contribution is 7.22. The van der Waals surface area contributed by atoms with Crippen molar-refractivity contribution in [2.45, 2.75) is 12.6 Å². The molecule has 2 amide bonds. The third-order valence-corrected chi connectivity index (χ3v) is 8.76. The maximum absolute atomic E-state index is 12.8. The minimum Gasteiger partial charge on any atom is -0.394 e. The number of fused-ring (bicyclic) bond motifs is 1. The lowest BCUT2D eigenvalue weighted by Crippen LogP contribution is -2.54. The molecule has 2 aromatic carbocycles. The minimum absolute atomic E-state index is 0.0333. The Bertz CT molecular complexity index is 1420. The minimum atomic E-state index is -0.247. The number of thiophene rings is 1. The SMILES string of the molecule is O=C(N1CCOCC1)N1CCN(Cc2ccc(-c3cc4ncnc(NC(CO)c5ccccc5)c4s3)cc2)CC1. The molecule has 0 saturated carbocycles. The number of benzene rings is 2. The summed E-state index contributed by atoms with van der Waals surface area (Å²) in [6, 6.07) is 20.6. The predicted octanol–water partition coefficient (Wildman–Crippen LogP) is 4.07. The van der Waals surface area contributed by atoms with E-state index >= 15 is 0 Å². The summed E-state index contributed by atoms with van der Waals surface area (Å²) in [5, 5.41) is 13.4. The van der Waals surface area contributed by atoms with Crippen LogP contribution in [0, 0.1) is 0 Å². The van der Waals surface area contributed by atoms with Crippen molar-refractivity contribution in [2.75, 3.05) is 64.4 Å². The molecule has 1 atom stereocenters. The van der Waals surface area contributed by atoms with Crippen molar-refractivity contribution in [2.24, 2.45) is 0 Å². The zero-order chi connectivity index (χ0) is 27.3. The number of nitrogens with one attached hydrogen (secondary N) is 1. The number of anilines is 1. The third-order valence-electron chi connectivity index (χ3n) is 7.58. The van der Waals surface area contributed by atoms with Crippen molar-refractivity contribution < 1.29 is 14.6 Å². The highest BCUT2D eigenvalue weighted by atomic mass is 32.1. The summed E-state index contributed by atoms with van der Waals surface area (Å²) in [6.07, 6.45) is 1.57. The molecule has 6 rings (SSSR count). The van der Waals surface area contributed by atoms with Crippen LogP contribution in [0.1, 0.15) is 17.2 Å². The van der Waals surface area contributed by atoms with Gasteiger partial charge in [-0.25, -0.2) is 14.8 Å². The van der Waals surface area contributed by atoms with E-state index in [0.717, 1.165) is 64.8 Å². The summed E-state index contributed by atoms with van der Waals surface area (Å²) in [5.74, 6) is 0.729. The van der Waals surface area contributed by atoms with E-state index in [0.29, 0.717) is 26.3 Å². The van der Waals surface area contributed by atoms with Gasteiger partial charge in [-0.15, -0.1) is 11.3 Å². The van der Waals surface area contributed by atoms with Crippen LogP contribution in [0.2, 0.25) is 0 Å². The van der Waals surface area contributed by atoms with Gasteiger partial charge in [0.25, 0.3) is 0 Å². The maximum atomic E-state index is 12.8. The number of carbonyl (C=O) groups is 1. The average molecular weight is 559 g/mol. The monoisotopic (exact) mass is 558 g/mol. The first-order valence-corrected chi connectivity index (χ1v) is 14.6. The molecule has 0 aliphatic carbocycles. The zero-order valence-electron chi connectivity index (χ0n) is 22.4. The smallest absolute Gasteiger partial charge is 0.320 e. The first-order valence-electron chi connectivity index (χ1n) is 13.8. The lowest BCUT2D eigenvalue weighted by Gasteiger charge is -2.38. The molecular weight excluding hydrogens is 524 g/mol. The van der Waals surface area contributed by atoms with Crippen LogP contribution in [0.5, 0.6) is 0 Å². The van der Waals surface area contributed by atoms with Gasteiger partial charge >= 0.3 is 6.03 Å². The lowest BCUT2D eigenvalue weighted by molar-refractivity contribution is 0.0373. The Morgan fingerprint density at radius 1 is 0.950 bits per heavy atom. The van der Waals surface area contributed by atoms with Crippen LogP contribution in [0.25, 0.3) is 20.7 Å². The Labute approximate surface area is 238 Å². The number of hydrogen-bond acceptors (Lipinski definition) is 8. The van der Waals surface area contributed by atoms with E-state index in [1.54, 1.807) is 17.7 Å². The Balaban J connectivity index is 1.09. The van der Waals surface area contributed by atoms with Gasteiger partial charge in [-0.2, -0.15) is 0 Å². The van der Waals surface area contributed by atoms with E-state index in [9.17, 15) is 9.90 Å². The van der Waals surface area contributed by atoms with E-state index in [-0.39, 0.29) is 18.7 Å². The number of aliphatic hydroxyl groups excluding tert-OH is 1. The van der Waals surface area contributed by atoms with Gasteiger partial charge in [0, 0.05) is 50.7 Å². The molecule has 10 heteroatoms. The molecule has 2 aromatic heterocycles. The number of aliphatic hydroxyl groups is 1. The number of carbonyl (C=O) groups excluding carboxylic acids is 1. The fraction of sp³-hybridized carbons (Fsp3) is 0.367. The molecule has 2 aliphatic rings. The van der Waals surface area contributed by atoms with Crippen molar-refractivity contribution in [1.82, 2.24) is 24.7 Å². The number of amides is 2. The van der Waals surface area contributed by atoms with E-state index in [2.05, 4.69) is 50.5 Å². The molecule has 1 unspecified atom stereocenters. The molecule has 2 saturated heterocycles. The van der Waals surface area contributed by atoms with Crippen LogP contribution in [0.3, 0.4) is 0 Å². The van der Waals surface area contributed by atoms with Crippen molar-refractivity contribution in [3.63, 3.8) is 0 Å². The highest BCUT2D eigenvalue weighted by Gasteiger charge is 2.26. The highest BCUT2D eigenvalue weighted by Crippen LogP contribution is 2.36. The summed E-state index contributed by atoms with van der Waals surface area (Å²) in [7, 11) is 0. The lowest BCUT2D eigenvalue weighted by atomic mass is 10.1. The molecule has 4 aromatic rings. The molecule has 2 N–H and O–H groups in total. The van der Waals surface area contributed by atoms with Gasteiger partial charge in [-0.1, -0.05) is 54.6 Å². The molecule has 2 fully saturated rings. The number of urea groups is 1. The van der Waals surface area contributed by atoms with Crippen LogP contribution in [-0.4, -0.2) is 94.9 Å². The Hall–Kier alpha value is -3.57. The van der Waals surface area contributed by atoms with Crippen LogP contribution in [-0.2, 0) is 11.3 Å². The Morgan fingerprint density at radius 2 is 1.68 bits per heavy atom. The number of rotatable bonds is 7. The van der Waals surface area contributed by atoms with Crippen LogP contribution in [0.4, 0.5) is 10.6 Å². The number of morpholine rings is 1. The predicted molar refractivity (Wildman–Crippen MR) is 157 cm³/mol.